The van der Waals surface area contributed by atoms with Crippen LogP contribution in [0.4, 0.5) is 0 Å². The Labute approximate surface area is 295 Å². The molecule has 0 saturated heterocycles. The molecule has 0 unspecified atom stereocenters. The molecule has 252 valence electrons. The summed E-state index contributed by atoms with van der Waals surface area (Å²) in [7, 11) is 6.86. The van der Waals surface area contributed by atoms with Crippen molar-refractivity contribution in [3.8, 4) is 34.1 Å². The van der Waals surface area contributed by atoms with Gasteiger partial charge in [0.1, 0.15) is 23.0 Å². The van der Waals surface area contributed by atoms with Crippen LogP contribution in [0.25, 0.3) is 11.1 Å². The minimum absolute atomic E-state index is 0.749. The molecule has 0 amide bonds. The Morgan fingerprint density at radius 3 is 0.940 bits per heavy atom. The predicted molar refractivity (Wildman–Crippen MR) is 201 cm³/mol. The topological polar surface area (TPSA) is 40.2 Å². The molecule has 6 aromatic rings. The zero-order valence-corrected chi connectivity index (χ0v) is 29.4. The lowest BCUT2D eigenvalue weighted by molar-refractivity contribution is 0.0678. The third kappa shape index (κ3) is 5.12. The molecule has 5 heteroatoms. The van der Waals surface area contributed by atoms with Crippen LogP contribution in [0.3, 0.4) is 0 Å². The van der Waals surface area contributed by atoms with Gasteiger partial charge in [-0.2, -0.15) is 0 Å². The molecule has 0 atom stereocenters. The zero-order chi connectivity index (χ0) is 34.7. The van der Waals surface area contributed by atoms with Crippen LogP contribution in [0.2, 0.25) is 0 Å². The second-order valence-electron chi connectivity index (χ2n) is 12.6. The van der Waals surface area contributed by atoms with Gasteiger partial charge in [0.25, 0.3) is 0 Å². The number of hydrogen-bond acceptors (Lipinski definition) is 5. The Bertz CT molecular complexity index is 1810. The van der Waals surface area contributed by atoms with E-state index >= 15 is 0 Å². The minimum Gasteiger partial charge on any atom is -0.497 e. The van der Waals surface area contributed by atoms with Crippen molar-refractivity contribution in [2.75, 3.05) is 35.0 Å². The lowest BCUT2D eigenvalue weighted by Crippen LogP contribution is -2.59. The lowest BCUT2D eigenvalue weighted by Gasteiger charge is -2.55. The molecule has 1 aliphatic rings. The van der Waals surface area contributed by atoms with E-state index in [0.29, 0.717) is 0 Å². The first-order valence-corrected chi connectivity index (χ1v) is 17.1. The van der Waals surface area contributed by atoms with E-state index in [4.69, 9.17) is 18.9 Å². The van der Waals surface area contributed by atoms with Crippen LogP contribution >= 0.6 is 0 Å². The van der Waals surface area contributed by atoms with Crippen LogP contribution in [0.1, 0.15) is 46.7 Å². The average molecular weight is 662 g/mol. The van der Waals surface area contributed by atoms with Crippen LogP contribution < -0.4 is 18.9 Å². The summed E-state index contributed by atoms with van der Waals surface area (Å²) in [4.78, 5) is 2.73. The Balaban J connectivity index is 1.74. The molecule has 50 heavy (non-hydrogen) atoms. The predicted octanol–water partition coefficient (Wildman–Crippen LogP) is 9.70. The van der Waals surface area contributed by atoms with Crippen molar-refractivity contribution in [1.82, 2.24) is 4.90 Å². The molecule has 1 heterocycles. The Hall–Kier alpha value is -5.52. The van der Waals surface area contributed by atoms with Gasteiger partial charge >= 0.3 is 0 Å². The highest BCUT2D eigenvalue weighted by atomic mass is 16.5. The number of ether oxygens (including phenoxy) is 4. The van der Waals surface area contributed by atoms with E-state index in [1.165, 1.54) is 22.3 Å². The van der Waals surface area contributed by atoms with Gasteiger partial charge in [-0.15, -0.1) is 0 Å². The zero-order valence-electron chi connectivity index (χ0n) is 29.4. The minimum atomic E-state index is -0.802. The molecular weight excluding hydrogens is 618 g/mol. The van der Waals surface area contributed by atoms with Crippen LogP contribution in [-0.2, 0) is 11.1 Å². The summed E-state index contributed by atoms with van der Waals surface area (Å²) in [5.74, 6) is 3.23. The highest BCUT2D eigenvalue weighted by Crippen LogP contribution is 2.59. The highest BCUT2D eigenvalue weighted by molar-refractivity contribution is 5.80. The van der Waals surface area contributed by atoms with Gasteiger partial charge in [0, 0.05) is 6.54 Å². The molecular formula is C45H43NO4. The summed E-state index contributed by atoms with van der Waals surface area (Å²) in [5, 5.41) is 0. The first-order chi connectivity index (χ1) is 24.6. The van der Waals surface area contributed by atoms with E-state index in [1.807, 2.05) is 0 Å². The molecule has 1 aliphatic heterocycles. The van der Waals surface area contributed by atoms with Crippen molar-refractivity contribution in [1.29, 1.82) is 0 Å². The maximum Gasteiger partial charge on any atom is 0.118 e. The fourth-order valence-electron chi connectivity index (χ4n) is 8.08. The van der Waals surface area contributed by atoms with E-state index in [1.54, 1.807) is 28.4 Å². The van der Waals surface area contributed by atoms with Gasteiger partial charge in [-0.3, -0.25) is 4.90 Å². The Kier molecular flexibility index (Phi) is 9.09. The van der Waals surface area contributed by atoms with Crippen LogP contribution in [0.5, 0.6) is 23.0 Å². The number of fused-ring (bicyclic) bond motifs is 3. The lowest BCUT2D eigenvalue weighted by atomic mass is 9.69. The van der Waals surface area contributed by atoms with Gasteiger partial charge in [0.05, 0.1) is 39.5 Å². The van der Waals surface area contributed by atoms with Crippen molar-refractivity contribution < 1.29 is 18.9 Å². The number of rotatable bonds is 10. The van der Waals surface area contributed by atoms with E-state index in [9.17, 15) is 0 Å². The van der Waals surface area contributed by atoms with E-state index in [2.05, 4.69) is 157 Å². The van der Waals surface area contributed by atoms with Crippen LogP contribution in [0.15, 0.2) is 146 Å². The van der Waals surface area contributed by atoms with Crippen LogP contribution in [0, 0.1) is 0 Å². The third-order valence-corrected chi connectivity index (χ3v) is 10.2. The molecule has 0 saturated carbocycles. The molecule has 5 nitrogen and oxygen atoms in total. The normalized spacial score (nSPS) is 14.5. The number of hydrogen-bond donors (Lipinski definition) is 0. The van der Waals surface area contributed by atoms with E-state index in [-0.39, 0.29) is 0 Å². The summed E-state index contributed by atoms with van der Waals surface area (Å²) in [5.41, 5.74) is 7.66. The van der Waals surface area contributed by atoms with Crippen molar-refractivity contribution >= 4 is 0 Å². The quantitative estimate of drug-likeness (QED) is 0.146. The summed E-state index contributed by atoms with van der Waals surface area (Å²) in [6.07, 6.45) is 0.895. The van der Waals surface area contributed by atoms with Crippen molar-refractivity contribution in [3.63, 3.8) is 0 Å². The second-order valence-corrected chi connectivity index (χ2v) is 12.6. The number of benzene rings is 6. The van der Waals surface area contributed by atoms with Crippen molar-refractivity contribution in [2.45, 2.75) is 24.4 Å². The van der Waals surface area contributed by atoms with Gasteiger partial charge in [0.2, 0.25) is 0 Å². The highest BCUT2D eigenvalue weighted by Gasteiger charge is 2.57. The van der Waals surface area contributed by atoms with Gasteiger partial charge < -0.3 is 18.9 Å². The van der Waals surface area contributed by atoms with Crippen molar-refractivity contribution in [3.05, 3.63) is 179 Å². The maximum absolute atomic E-state index is 5.71. The summed E-state index contributed by atoms with van der Waals surface area (Å²) >= 11 is 0. The summed E-state index contributed by atoms with van der Waals surface area (Å²) in [6.45, 7) is 3.01. The fourth-order valence-corrected chi connectivity index (χ4v) is 8.08. The second kappa shape index (κ2) is 13.8. The average Bonchev–Trinajstić information content (AvgIpc) is 3.28. The van der Waals surface area contributed by atoms with Gasteiger partial charge in [-0.1, -0.05) is 104 Å². The van der Waals surface area contributed by atoms with Crippen molar-refractivity contribution in [2.24, 2.45) is 0 Å². The molecule has 0 N–H and O–H groups in total. The first-order valence-electron chi connectivity index (χ1n) is 17.1. The Morgan fingerprint density at radius 1 is 0.400 bits per heavy atom. The number of nitrogens with zero attached hydrogens (tertiary/aromatic N) is 1. The van der Waals surface area contributed by atoms with Gasteiger partial charge in [-0.05, 0) is 99.5 Å². The molecule has 6 aromatic carbocycles. The SMILES string of the molecule is CCCN1C(c2ccc(OC)cc2)(c2ccc(OC)cc2)c2ccccc2-c2ccccc2C1(c1ccc(OC)cc1)c1ccc(OC)cc1. The number of methoxy groups -OCH3 is 4. The van der Waals surface area contributed by atoms with Gasteiger partial charge in [-0.25, -0.2) is 0 Å². The molecule has 0 spiro atoms. The Morgan fingerprint density at radius 2 is 0.680 bits per heavy atom. The fraction of sp³-hybridized carbons (Fsp3) is 0.200. The molecule has 0 aromatic heterocycles. The largest absolute Gasteiger partial charge is 0.497 e. The monoisotopic (exact) mass is 661 g/mol. The summed E-state index contributed by atoms with van der Waals surface area (Å²) in [6, 6.07) is 52.2. The molecule has 0 aliphatic carbocycles. The molecule has 0 bridgehead atoms. The van der Waals surface area contributed by atoms with Gasteiger partial charge in [0.15, 0.2) is 0 Å². The molecule has 0 fully saturated rings. The third-order valence-electron chi connectivity index (χ3n) is 10.2. The maximum atomic E-state index is 5.71. The molecule has 7 rings (SSSR count). The van der Waals surface area contributed by atoms with Crippen LogP contribution in [-0.4, -0.2) is 39.9 Å². The van der Waals surface area contributed by atoms with E-state index < -0.39 is 11.1 Å². The summed E-state index contributed by atoms with van der Waals surface area (Å²) < 4.78 is 22.9. The standard InChI is InChI=1S/C45H43NO4/c1-6-31-46-44(32-15-23-36(47-2)24-16-32,33-17-25-37(48-3)26-18-33)42-13-9-7-11-40(42)41-12-8-10-14-43(41)45(46,34-19-27-38(49-4)28-20-34)35-21-29-39(50-5)30-22-35/h7-30H,6,31H2,1-5H3. The van der Waals surface area contributed by atoms with E-state index in [0.717, 1.165) is 58.2 Å². The smallest absolute Gasteiger partial charge is 0.118 e. The molecule has 0 radical (unpaired) electrons. The first kappa shape index (κ1) is 33.0.